The zero-order chi connectivity index (χ0) is 21.2. The normalized spacial score (nSPS) is 15.8. The molecule has 1 aliphatic heterocycles. The van der Waals surface area contributed by atoms with E-state index in [1.54, 1.807) is 0 Å². The van der Waals surface area contributed by atoms with Gasteiger partial charge in [-0.1, -0.05) is 45.2 Å². The molecule has 1 heterocycles. The minimum atomic E-state index is 0.0505. The zero-order valence-electron chi connectivity index (χ0n) is 18.6. The van der Waals surface area contributed by atoms with Crippen molar-refractivity contribution in [2.75, 3.05) is 44.6 Å². The molecule has 1 aromatic rings. The second-order valence-corrected chi connectivity index (χ2v) is 8.55. The van der Waals surface area contributed by atoms with Crippen LogP contribution >= 0.6 is 12.2 Å². The van der Waals surface area contributed by atoms with Crippen molar-refractivity contribution in [2.45, 2.75) is 53.4 Å². The summed E-state index contributed by atoms with van der Waals surface area (Å²) >= 11 is 5.61. The van der Waals surface area contributed by atoms with Crippen molar-refractivity contribution >= 4 is 28.9 Å². The standard InChI is InChI=1S/C23H38N4OS/c1-5-7-10-20(6-2)16-24-23(29)27-14-12-26(13-15-27)17-22(28)25-21-11-8-9-18(3)19(21)4/h8-9,11,20H,5-7,10,12-17H2,1-4H3,(H,24,29)(H,25,28)/t20-/m1/s1. The third-order valence-corrected chi connectivity index (χ3v) is 6.39. The molecule has 0 aromatic heterocycles. The van der Waals surface area contributed by atoms with Gasteiger partial charge in [-0.15, -0.1) is 0 Å². The maximum absolute atomic E-state index is 12.5. The molecule has 0 spiro atoms. The van der Waals surface area contributed by atoms with E-state index < -0.39 is 0 Å². The topological polar surface area (TPSA) is 47.6 Å². The largest absolute Gasteiger partial charge is 0.362 e. The first-order valence-corrected chi connectivity index (χ1v) is 11.5. The van der Waals surface area contributed by atoms with E-state index in [-0.39, 0.29) is 5.91 Å². The minimum Gasteiger partial charge on any atom is -0.362 e. The van der Waals surface area contributed by atoms with E-state index in [2.05, 4.69) is 47.3 Å². The second-order valence-electron chi connectivity index (χ2n) is 8.16. The number of aryl methyl sites for hydroxylation is 1. The van der Waals surface area contributed by atoms with E-state index in [1.165, 1.54) is 31.2 Å². The van der Waals surface area contributed by atoms with Crippen molar-refractivity contribution < 1.29 is 4.79 Å². The highest BCUT2D eigenvalue weighted by Crippen LogP contribution is 2.18. The molecule has 1 fully saturated rings. The number of hydrogen-bond acceptors (Lipinski definition) is 3. The molecule has 162 valence electrons. The molecule has 0 saturated carbocycles. The Morgan fingerprint density at radius 1 is 1.17 bits per heavy atom. The van der Waals surface area contributed by atoms with Crippen molar-refractivity contribution in [3.8, 4) is 0 Å². The molecule has 1 aliphatic rings. The van der Waals surface area contributed by atoms with Crippen molar-refractivity contribution in [3.05, 3.63) is 29.3 Å². The van der Waals surface area contributed by atoms with Crippen molar-refractivity contribution in [2.24, 2.45) is 5.92 Å². The number of unbranched alkanes of at least 4 members (excludes halogenated alkanes) is 1. The summed E-state index contributed by atoms with van der Waals surface area (Å²) in [4.78, 5) is 16.9. The van der Waals surface area contributed by atoms with E-state index in [0.29, 0.717) is 12.5 Å². The minimum absolute atomic E-state index is 0.0505. The van der Waals surface area contributed by atoms with Crippen LogP contribution in [0.5, 0.6) is 0 Å². The second kappa shape index (κ2) is 12.1. The van der Waals surface area contributed by atoms with Gasteiger partial charge in [0.2, 0.25) is 5.91 Å². The van der Waals surface area contributed by atoms with Crippen LogP contribution in [0, 0.1) is 19.8 Å². The molecule has 0 radical (unpaired) electrons. The summed E-state index contributed by atoms with van der Waals surface area (Å²) in [6.45, 7) is 13.5. The Balaban J connectivity index is 1.72. The monoisotopic (exact) mass is 418 g/mol. The molecular weight excluding hydrogens is 380 g/mol. The van der Waals surface area contributed by atoms with Crippen LogP contribution in [0.4, 0.5) is 5.69 Å². The van der Waals surface area contributed by atoms with Gasteiger partial charge in [-0.2, -0.15) is 0 Å². The van der Waals surface area contributed by atoms with Crippen LogP contribution in [0.3, 0.4) is 0 Å². The van der Waals surface area contributed by atoms with Gasteiger partial charge in [0.1, 0.15) is 0 Å². The number of carbonyl (C=O) groups is 1. The number of rotatable bonds is 9. The zero-order valence-corrected chi connectivity index (χ0v) is 19.4. The first kappa shape index (κ1) is 23.6. The molecule has 1 aromatic carbocycles. The number of thiocarbonyl (C=S) groups is 1. The summed E-state index contributed by atoms with van der Waals surface area (Å²) in [6.07, 6.45) is 5.00. The molecule has 1 atom stereocenters. The average molecular weight is 419 g/mol. The van der Waals surface area contributed by atoms with Gasteiger partial charge in [0.25, 0.3) is 0 Å². The molecule has 6 heteroatoms. The molecule has 0 unspecified atom stereocenters. The highest BCUT2D eigenvalue weighted by atomic mass is 32.1. The number of nitrogens with zero attached hydrogens (tertiary/aromatic N) is 2. The Morgan fingerprint density at radius 3 is 2.55 bits per heavy atom. The number of anilines is 1. The van der Waals surface area contributed by atoms with E-state index in [1.807, 2.05) is 19.1 Å². The summed E-state index contributed by atoms with van der Waals surface area (Å²) < 4.78 is 0. The Hall–Kier alpha value is -1.66. The first-order valence-electron chi connectivity index (χ1n) is 11.1. The van der Waals surface area contributed by atoms with Gasteiger partial charge in [-0.3, -0.25) is 9.69 Å². The number of carbonyl (C=O) groups excluding carboxylic acids is 1. The molecule has 2 rings (SSSR count). The highest BCUT2D eigenvalue weighted by Gasteiger charge is 2.21. The fourth-order valence-corrected chi connectivity index (χ4v) is 3.94. The molecule has 1 saturated heterocycles. The van der Waals surface area contributed by atoms with E-state index in [4.69, 9.17) is 12.2 Å². The number of benzene rings is 1. The maximum Gasteiger partial charge on any atom is 0.238 e. The molecular formula is C23H38N4OS. The van der Waals surface area contributed by atoms with Gasteiger partial charge in [0, 0.05) is 38.4 Å². The third-order valence-electron chi connectivity index (χ3n) is 5.99. The molecule has 1 amide bonds. The van der Waals surface area contributed by atoms with Crippen LogP contribution in [0.1, 0.15) is 50.7 Å². The third kappa shape index (κ3) is 7.59. The van der Waals surface area contributed by atoms with Gasteiger partial charge >= 0.3 is 0 Å². The summed E-state index contributed by atoms with van der Waals surface area (Å²) in [6, 6.07) is 6.01. The number of piperazine rings is 1. The molecule has 0 bridgehead atoms. The lowest BCUT2D eigenvalue weighted by Crippen LogP contribution is -2.53. The molecule has 0 aliphatic carbocycles. The fourth-order valence-electron chi connectivity index (χ4n) is 3.68. The van der Waals surface area contributed by atoms with Crippen molar-refractivity contribution in [1.29, 1.82) is 0 Å². The summed E-state index contributed by atoms with van der Waals surface area (Å²) in [5.74, 6) is 0.748. The SMILES string of the molecule is CCCC[C@@H](CC)CNC(=S)N1CCN(CC(=O)Nc2cccc(C)c2C)CC1. The van der Waals surface area contributed by atoms with Gasteiger partial charge in [0.15, 0.2) is 5.11 Å². The average Bonchev–Trinajstić information content (AvgIpc) is 2.72. The maximum atomic E-state index is 12.5. The number of nitrogens with one attached hydrogen (secondary N) is 2. The Morgan fingerprint density at radius 2 is 1.90 bits per heavy atom. The van der Waals surface area contributed by atoms with Crippen LogP contribution in [0.2, 0.25) is 0 Å². The van der Waals surface area contributed by atoms with Crippen molar-refractivity contribution in [1.82, 2.24) is 15.1 Å². The Bertz CT molecular complexity index is 671. The van der Waals surface area contributed by atoms with Gasteiger partial charge < -0.3 is 15.5 Å². The molecule has 2 N–H and O–H groups in total. The highest BCUT2D eigenvalue weighted by molar-refractivity contribution is 7.80. The Labute approximate surface area is 182 Å². The van der Waals surface area contributed by atoms with Gasteiger partial charge in [-0.05, 0) is 55.6 Å². The lowest BCUT2D eigenvalue weighted by Gasteiger charge is -2.36. The summed E-state index contributed by atoms with van der Waals surface area (Å²) in [7, 11) is 0. The van der Waals surface area contributed by atoms with Crippen LogP contribution in [-0.4, -0.2) is 60.1 Å². The van der Waals surface area contributed by atoms with E-state index in [9.17, 15) is 4.79 Å². The smallest absolute Gasteiger partial charge is 0.238 e. The molecule has 29 heavy (non-hydrogen) atoms. The fraction of sp³-hybridized carbons (Fsp3) is 0.652. The lowest BCUT2D eigenvalue weighted by atomic mass is 9.99. The predicted octanol–water partition coefficient (Wildman–Crippen LogP) is 3.95. The number of amides is 1. The van der Waals surface area contributed by atoms with Crippen LogP contribution in [0.15, 0.2) is 18.2 Å². The van der Waals surface area contributed by atoms with Crippen LogP contribution in [-0.2, 0) is 4.79 Å². The molecule has 5 nitrogen and oxygen atoms in total. The van der Waals surface area contributed by atoms with Gasteiger partial charge in [0.05, 0.1) is 6.54 Å². The summed E-state index contributed by atoms with van der Waals surface area (Å²) in [5.41, 5.74) is 3.23. The van der Waals surface area contributed by atoms with Crippen LogP contribution in [0.25, 0.3) is 0 Å². The van der Waals surface area contributed by atoms with E-state index in [0.717, 1.165) is 49.1 Å². The summed E-state index contributed by atoms with van der Waals surface area (Å²) in [5, 5.41) is 7.39. The van der Waals surface area contributed by atoms with E-state index >= 15 is 0 Å². The number of hydrogen-bond donors (Lipinski definition) is 2. The quantitative estimate of drug-likeness (QED) is 0.595. The predicted molar refractivity (Wildman–Crippen MR) is 126 cm³/mol. The van der Waals surface area contributed by atoms with Gasteiger partial charge in [-0.25, -0.2) is 0 Å². The van der Waals surface area contributed by atoms with Crippen molar-refractivity contribution in [3.63, 3.8) is 0 Å². The first-order chi connectivity index (χ1) is 13.9. The van der Waals surface area contributed by atoms with Crippen LogP contribution < -0.4 is 10.6 Å². The Kier molecular flexibility index (Phi) is 9.88. The lowest BCUT2D eigenvalue weighted by molar-refractivity contribution is -0.117.